The molecule has 0 spiro atoms. The molecule has 1 saturated heterocycles. The molecular weight excluding hydrogens is 394 g/mol. The first kappa shape index (κ1) is 22.7. The topological polar surface area (TPSA) is 84.3 Å². The van der Waals surface area contributed by atoms with Crippen LogP contribution in [0.5, 0.6) is 17.2 Å². The number of nitrogens with one attached hydrogen (secondary N) is 2. The summed E-state index contributed by atoms with van der Waals surface area (Å²) in [6, 6.07) is 11.4. The van der Waals surface area contributed by atoms with Crippen molar-refractivity contribution in [1.29, 1.82) is 0 Å². The van der Waals surface area contributed by atoms with Gasteiger partial charge in [-0.25, -0.2) is 4.99 Å². The average molecular weight is 428 g/mol. The molecule has 7 heteroatoms. The Balaban J connectivity index is 1.66. The minimum atomic E-state index is 0.200. The first-order chi connectivity index (χ1) is 15.1. The highest BCUT2D eigenvalue weighted by Crippen LogP contribution is 2.24. The molecule has 31 heavy (non-hydrogen) atoms. The molecule has 168 valence electrons. The first-order valence-corrected chi connectivity index (χ1v) is 10.8. The maximum atomic E-state index is 10.1. The van der Waals surface area contributed by atoms with Crippen molar-refractivity contribution < 1.29 is 19.3 Å². The second-order valence-corrected chi connectivity index (χ2v) is 7.70. The third-order valence-corrected chi connectivity index (χ3v) is 5.21. The van der Waals surface area contributed by atoms with Crippen molar-refractivity contribution in [2.24, 2.45) is 10.9 Å². The summed E-state index contributed by atoms with van der Waals surface area (Å²) in [5, 5.41) is 16.7. The van der Waals surface area contributed by atoms with E-state index in [2.05, 4.69) is 40.7 Å². The summed E-state index contributed by atoms with van der Waals surface area (Å²) < 4.78 is 16.8. The molecule has 7 nitrogen and oxygen atoms in total. The van der Waals surface area contributed by atoms with Gasteiger partial charge in [-0.15, -0.1) is 0 Å². The predicted octanol–water partition coefficient (Wildman–Crippen LogP) is 3.38. The van der Waals surface area contributed by atoms with Gasteiger partial charge in [0.1, 0.15) is 17.2 Å². The van der Waals surface area contributed by atoms with Crippen molar-refractivity contribution in [3.05, 3.63) is 53.1 Å². The Bertz CT molecular complexity index is 879. The van der Waals surface area contributed by atoms with Crippen LogP contribution in [0.4, 0.5) is 0 Å². The van der Waals surface area contributed by atoms with Gasteiger partial charge in [0, 0.05) is 36.7 Å². The van der Waals surface area contributed by atoms with Gasteiger partial charge in [-0.3, -0.25) is 0 Å². The number of phenols is 1. The summed E-state index contributed by atoms with van der Waals surface area (Å²) in [6.45, 7) is 7.98. The number of aryl methyl sites for hydroxylation is 1. The predicted molar refractivity (Wildman–Crippen MR) is 122 cm³/mol. The van der Waals surface area contributed by atoms with Crippen molar-refractivity contribution >= 4 is 5.96 Å². The lowest BCUT2D eigenvalue weighted by molar-refractivity contribution is 0.166. The van der Waals surface area contributed by atoms with Gasteiger partial charge in [0.15, 0.2) is 5.96 Å². The summed E-state index contributed by atoms with van der Waals surface area (Å²) in [5.41, 5.74) is 2.93. The molecule has 1 unspecified atom stereocenters. The number of aromatic hydroxyl groups is 1. The van der Waals surface area contributed by atoms with Gasteiger partial charge in [-0.05, 0) is 50.1 Å². The number of methoxy groups -OCH3 is 1. The van der Waals surface area contributed by atoms with Crippen LogP contribution in [0.2, 0.25) is 0 Å². The number of hydrogen-bond acceptors (Lipinski definition) is 5. The van der Waals surface area contributed by atoms with Gasteiger partial charge in [0.25, 0.3) is 0 Å². The van der Waals surface area contributed by atoms with Gasteiger partial charge in [0.05, 0.1) is 26.9 Å². The van der Waals surface area contributed by atoms with E-state index in [9.17, 15) is 5.11 Å². The van der Waals surface area contributed by atoms with E-state index in [1.54, 1.807) is 25.3 Å². The van der Waals surface area contributed by atoms with Crippen LogP contribution in [-0.2, 0) is 17.8 Å². The Labute approximate surface area is 184 Å². The number of benzene rings is 2. The lowest BCUT2D eigenvalue weighted by Crippen LogP contribution is -2.36. The van der Waals surface area contributed by atoms with Gasteiger partial charge in [-0.2, -0.15) is 0 Å². The lowest BCUT2D eigenvalue weighted by Gasteiger charge is -2.17. The third kappa shape index (κ3) is 6.79. The molecule has 1 aliphatic heterocycles. The number of nitrogens with zero attached hydrogens (tertiary/aromatic N) is 1. The maximum Gasteiger partial charge on any atom is 0.191 e. The van der Waals surface area contributed by atoms with Crippen LogP contribution in [0, 0.1) is 12.8 Å². The van der Waals surface area contributed by atoms with E-state index >= 15 is 0 Å². The summed E-state index contributed by atoms with van der Waals surface area (Å²) in [6.07, 6.45) is 1.05. The van der Waals surface area contributed by atoms with Gasteiger partial charge >= 0.3 is 0 Å². The second-order valence-electron chi connectivity index (χ2n) is 7.70. The molecule has 0 amide bonds. The van der Waals surface area contributed by atoms with Gasteiger partial charge in [-0.1, -0.05) is 12.1 Å². The molecule has 0 radical (unpaired) electrons. The van der Waals surface area contributed by atoms with E-state index in [-0.39, 0.29) is 5.75 Å². The average Bonchev–Trinajstić information content (AvgIpc) is 3.29. The number of rotatable bonds is 9. The summed E-state index contributed by atoms with van der Waals surface area (Å²) in [7, 11) is 1.60. The first-order valence-electron chi connectivity index (χ1n) is 10.8. The Morgan fingerprint density at radius 3 is 2.81 bits per heavy atom. The molecule has 1 aliphatic rings. The molecule has 2 aromatic carbocycles. The quantitative estimate of drug-likeness (QED) is 0.420. The Morgan fingerprint density at radius 1 is 1.19 bits per heavy atom. The standard InChI is InChI=1S/C24H33N3O4/c1-4-25-24(27-14-20-12-21(29-3)7-8-22(20)28)26-13-19-6-5-17(2)11-23(19)31-16-18-9-10-30-15-18/h5-8,11-12,18,28H,4,9-10,13-16H2,1-3H3,(H2,25,26,27). The highest BCUT2D eigenvalue weighted by molar-refractivity contribution is 5.79. The summed E-state index contributed by atoms with van der Waals surface area (Å²) in [5.74, 6) is 2.90. The van der Waals surface area contributed by atoms with E-state index in [1.165, 1.54) is 0 Å². The number of ether oxygens (including phenoxy) is 3. The zero-order valence-electron chi connectivity index (χ0n) is 18.6. The van der Waals surface area contributed by atoms with Crippen molar-refractivity contribution in [2.75, 3.05) is 33.5 Å². The fourth-order valence-corrected chi connectivity index (χ4v) is 3.36. The smallest absolute Gasteiger partial charge is 0.191 e. The van der Waals surface area contributed by atoms with Crippen LogP contribution >= 0.6 is 0 Å². The van der Waals surface area contributed by atoms with Crippen molar-refractivity contribution in [3.8, 4) is 17.2 Å². The molecule has 0 aromatic heterocycles. The molecule has 3 rings (SSSR count). The molecule has 1 fully saturated rings. The lowest BCUT2D eigenvalue weighted by atomic mass is 10.1. The third-order valence-electron chi connectivity index (χ3n) is 5.21. The molecule has 2 aromatic rings. The van der Waals surface area contributed by atoms with Crippen LogP contribution in [-0.4, -0.2) is 44.5 Å². The van der Waals surface area contributed by atoms with E-state index in [0.717, 1.165) is 43.1 Å². The minimum absolute atomic E-state index is 0.200. The number of aliphatic imine (C=N–C) groups is 1. The van der Waals surface area contributed by atoms with Gasteiger partial charge in [0.2, 0.25) is 0 Å². The highest BCUT2D eigenvalue weighted by Gasteiger charge is 2.17. The van der Waals surface area contributed by atoms with E-state index in [1.807, 2.05) is 6.92 Å². The Hall–Kier alpha value is -2.93. The highest BCUT2D eigenvalue weighted by atomic mass is 16.5. The summed E-state index contributed by atoms with van der Waals surface area (Å²) in [4.78, 5) is 4.61. The zero-order valence-corrected chi connectivity index (χ0v) is 18.6. The minimum Gasteiger partial charge on any atom is -0.508 e. The van der Waals surface area contributed by atoms with Crippen molar-refractivity contribution in [2.45, 2.75) is 33.4 Å². The SMILES string of the molecule is CCNC(=NCc1cc(OC)ccc1O)NCc1ccc(C)cc1OCC1CCOC1. The molecular formula is C24H33N3O4. The van der Waals surface area contributed by atoms with E-state index in [0.29, 0.717) is 42.9 Å². The number of phenolic OH excluding ortho intramolecular Hbond substituents is 1. The molecule has 3 N–H and O–H groups in total. The van der Waals surface area contributed by atoms with E-state index < -0.39 is 0 Å². The van der Waals surface area contributed by atoms with Crippen LogP contribution in [0.3, 0.4) is 0 Å². The largest absolute Gasteiger partial charge is 0.508 e. The molecule has 0 bridgehead atoms. The van der Waals surface area contributed by atoms with Crippen LogP contribution in [0.15, 0.2) is 41.4 Å². The Morgan fingerprint density at radius 2 is 2.06 bits per heavy atom. The van der Waals surface area contributed by atoms with Crippen molar-refractivity contribution in [1.82, 2.24) is 10.6 Å². The molecule has 1 atom stereocenters. The monoisotopic (exact) mass is 427 g/mol. The molecule has 0 aliphatic carbocycles. The maximum absolute atomic E-state index is 10.1. The number of guanidine groups is 1. The van der Waals surface area contributed by atoms with Crippen LogP contribution in [0.1, 0.15) is 30.0 Å². The summed E-state index contributed by atoms with van der Waals surface area (Å²) >= 11 is 0. The molecule has 0 saturated carbocycles. The zero-order chi connectivity index (χ0) is 22.1. The van der Waals surface area contributed by atoms with Crippen LogP contribution < -0.4 is 20.1 Å². The van der Waals surface area contributed by atoms with Crippen molar-refractivity contribution in [3.63, 3.8) is 0 Å². The number of hydrogen-bond donors (Lipinski definition) is 3. The fourth-order valence-electron chi connectivity index (χ4n) is 3.36. The van der Waals surface area contributed by atoms with Crippen LogP contribution in [0.25, 0.3) is 0 Å². The van der Waals surface area contributed by atoms with E-state index in [4.69, 9.17) is 14.2 Å². The second kappa shape index (κ2) is 11.5. The fraction of sp³-hybridized carbons (Fsp3) is 0.458. The molecule has 1 heterocycles. The normalized spacial score (nSPS) is 16.2. The Kier molecular flexibility index (Phi) is 8.41. The van der Waals surface area contributed by atoms with Gasteiger partial charge < -0.3 is 30.0 Å².